The number of rotatable bonds is 2. The van der Waals surface area contributed by atoms with Crippen LogP contribution in [0.25, 0.3) is 11.3 Å². The van der Waals surface area contributed by atoms with E-state index in [9.17, 15) is 17.6 Å². The van der Waals surface area contributed by atoms with Gasteiger partial charge in [0.1, 0.15) is 5.82 Å². The molecule has 1 aliphatic rings. The highest BCUT2D eigenvalue weighted by Gasteiger charge is 2.33. The zero-order chi connectivity index (χ0) is 19.7. The van der Waals surface area contributed by atoms with Crippen molar-refractivity contribution in [3.63, 3.8) is 0 Å². The van der Waals surface area contributed by atoms with Crippen molar-refractivity contribution in [3.8, 4) is 11.3 Å². The number of fused-ring (bicyclic) bond motifs is 1. The summed E-state index contributed by atoms with van der Waals surface area (Å²) in [5.74, 6) is -0.148. The van der Waals surface area contributed by atoms with Gasteiger partial charge in [0, 0.05) is 18.0 Å². The fraction of sp³-hybridized carbons (Fsp3) is 0.238. The Balaban J connectivity index is 1.69. The van der Waals surface area contributed by atoms with Crippen LogP contribution in [0.5, 0.6) is 0 Å². The minimum Gasteiger partial charge on any atom is -0.313 e. The van der Waals surface area contributed by atoms with Crippen molar-refractivity contribution in [2.24, 2.45) is 0 Å². The number of alkyl halides is 3. The SMILES string of the molecule is Fc1ccc(C2CCNCc3cc(-c4ccc(C(F)(F)F)nn4)ccc32)cc1. The third kappa shape index (κ3) is 3.75. The van der Waals surface area contributed by atoms with Gasteiger partial charge in [0.15, 0.2) is 5.69 Å². The van der Waals surface area contributed by atoms with Crippen LogP contribution in [-0.4, -0.2) is 16.7 Å². The van der Waals surface area contributed by atoms with Crippen LogP contribution in [-0.2, 0) is 12.7 Å². The molecule has 1 atom stereocenters. The predicted octanol–water partition coefficient (Wildman–Crippen LogP) is 4.93. The third-order valence-electron chi connectivity index (χ3n) is 4.97. The smallest absolute Gasteiger partial charge is 0.313 e. The second-order valence-electron chi connectivity index (χ2n) is 6.78. The first-order chi connectivity index (χ1) is 13.4. The molecule has 4 rings (SSSR count). The molecule has 3 aromatic rings. The highest BCUT2D eigenvalue weighted by atomic mass is 19.4. The van der Waals surface area contributed by atoms with Gasteiger partial charge in [0.25, 0.3) is 0 Å². The average Bonchev–Trinajstić information content (AvgIpc) is 2.90. The lowest BCUT2D eigenvalue weighted by Crippen LogP contribution is -2.12. The first-order valence-electron chi connectivity index (χ1n) is 8.92. The van der Waals surface area contributed by atoms with Crippen LogP contribution >= 0.6 is 0 Å². The Morgan fingerprint density at radius 1 is 0.929 bits per heavy atom. The minimum atomic E-state index is -4.51. The van der Waals surface area contributed by atoms with E-state index in [0.29, 0.717) is 17.8 Å². The summed E-state index contributed by atoms with van der Waals surface area (Å²) < 4.78 is 51.3. The second-order valence-corrected chi connectivity index (χ2v) is 6.78. The zero-order valence-electron chi connectivity index (χ0n) is 14.8. The lowest BCUT2D eigenvalue weighted by atomic mass is 9.86. The Morgan fingerprint density at radius 2 is 1.71 bits per heavy atom. The summed E-state index contributed by atoms with van der Waals surface area (Å²) in [5, 5.41) is 10.4. The molecule has 0 amide bonds. The van der Waals surface area contributed by atoms with Crippen LogP contribution in [0.2, 0.25) is 0 Å². The predicted molar refractivity (Wildman–Crippen MR) is 97.0 cm³/mol. The van der Waals surface area contributed by atoms with E-state index in [1.807, 2.05) is 18.2 Å². The standard InChI is InChI=1S/C21H17F4N3/c22-16-4-1-13(2-5-16)18-9-10-26-12-15-11-14(3-6-17(15)18)19-7-8-20(28-27-19)21(23,24)25/h1-8,11,18,26H,9-10,12H2. The first-order valence-corrected chi connectivity index (χ1v) is 8.92. The fourth-order valence-corrected chi connectivity index (χ4v) is 3.56. The van der Waals surface area contributed by atoms with Crippen LogP contribution in [0.15, 0.2) is 54.6 Å². The Morgan fingerprint density at radius 3 is 2.39 bits per heavy atom. The fourth-order valence-electron chi connectivity index (χ4n) is 3.56. The molecular weight excluding hydrogens is 370 g/mol. The third-order valence-corrected chi connectivity index (χ3v) is 4.97. The molecule has 28 heavy (non-hydrogen) atoms. The lowest BCUT2D eigenvalue weighted by molar-refractivity contribution is -0.141. The molecule has 0 radical (unpaired) electrons. The van der Waals surface area contributed by atoms with Crippen LogP contribution in [0.1, 0.15) is 34.7 Å². The van der Waals surface area contributed by atoms with Crippen molar-refractivity contribution < 1.29 is 17.6 Å². The van der Waals surface area contributed by atoms with Crippen LogP contribution in [0.4, 0.5) is 17.6 Å². The maximum atomic E-state index is 13.3. The Labute approximate surface area is 159 Å². The molecule has 3 nitrogen and oxygen atoms in total. The Bertz CT molecular complexity index is 966. The molecule has 2 aromatic carbocycles. The number of nitrogens with zero attached hydrogens (tertiary/aromatic N) is 2. The van der Waals surface area contributed by atoms with Gasteiger partial charge in [-0.1, -0.05) is 24.3 Å². The van der Waals surface area contributed by atoms with E-state index >= 15 is 0 Å². The number of hydrogen-bond donors (Lipinski definition) is 1. The molecule has 0 saturated heterocycles. The maximum Gasteiger partial charge on any atom is 0.435 e. The number of halogens is 4. The van der Waals surface area contributed by atoms with Gasteiger partial charge in [0.05, 0.1) is 5.69 Å². The number of aromatic nitrogens is 2. The average molecular weight is 387 g/mol. The van der Waals surface area contributed by atoms with Gasteiger partial charge in [-0.2, -0.15) is 13.2 Å². The molecule has 1 N–H and O–H groups in total. The summed E-state index contributed by atoms with van der Waals surface area (Å²) in [4.78, 5) is 0. The van der Waals surface area contributed by atoms with Gasteiger partial charge in [0.2, 0.25) is 0 Å². The van der Waals surface area contributed by atoms with Crippen molar-refractivity contribution >= 4 is 0 Å². The molecule has 1 aliphatic heterocycles. The molecule has 0 bridgehead atoms. The van der Waals surface area contributed by atoms with E-state index in [-0.39, 0.29) is 11.7 Å². The topological polar surface area (TPSA) is 37.8 Å². The van der Waals surface area contributed by atoms with Crippen molar-refractivity contribution in [1.29, 1.82) is 0 Å². The lowest BCUT2D eigenvalue weighted by Gasteiger charge is -2.18. The summed E-state index contributed by atoms with van der Waals surface area (Å²) in [7, 11) is 0. The van der Waals surface area contributed by atoms with E-state index in [1.54, 1.807) is 12.1 Å². The highest BCUT2D eigenvalue weighted by Crippen LogP contribution is 2.34. The second kappa shape index (κ2) is 7.31. The van der Waals surface area contributed by atoms with E-state index in [2.05, 4.69) is 15.5 Å². The summed E-state index contributed by atoms with van der Waals surface area (Å²) >= 11 is 0. The molecule has 0 spiro atoms. The largest absolute Gasteiger partial charge is 0.435 e. The molecule has 0 fully saturated rings. The zero-order valence-corrected chi connectivity index (χ0v) is 14.8. The monoisotopic (exact) mass is 387 g/mol. The molecular formula is C21H17F4N3. The summed E-state index contributed by atoms with van der Waals surface area (Å²) in [6, 6.07) is 14.5. The molecule has 1 unspecified atom stereocenters. The highest BCUT2D eigenvalue weighted by molar-refractivity contribution is 5.61. The Hall–Kier alpha value is -2.80. The van der Waals surface area contributed by atoms with Crippen molar-refractivity contribution in [3.05, 3.63) is 82.8 Å². The van der Waals surface area contributed by atoms with E-state index in [1.165, 1.54) is 18.2 Å². The molecule has 0 aliphatic carbocycles. The van der Waals surface area contributed by atoms with Crippen molar-refractivity contribution in [2.75, 3.05) is 6.54 Å². The van der Waals surface area contributed by atoms with Gasteiger partial charge < -0.3 is 5.32 Å². The summed E-state index contributed by atoms with van der Waals surface area (Å²) in [6.07, 6.45) is -3.64. The van der Waals surface area contributed by atoms with Crippen LogP contribution in [0, 0.1) is 5.82 Å². The molecule has 144 valence electrons. The molecule has 2 heterocycles. The van der Waals surface area contributed by atoms with E-state index in [0.717, 1.165) is 35.7 Å². The van der Waals surface area contributed by atoms with E-state index < -0.39 is 11.9 Å². The van der Waals surface area contributed by atoms with Gasteiger partial charge >= 0.3 is 6.18 Å². The Kier molecular flexibility index (Phi) is 4.85. The number of nitrogens with one attached hydrogen (secondary N) is 1. The van der Waals surface area contributed by atoms with Gasteiger partial charge in [-0.15, -0.1) is 10.2 Å². The molecule has 0 saturated carbocycles. The normalized spacial score (nSPS) is 17.1. The van der Waals surface area contributed by atoms with Gasteiger partial charge in [-0.3, -0.25) is 0 Å². The van der Waals surface area contributed by atoms with Crippen LogP contribution < -0.4 is 5.32 Å². The quantitative estimate of drug-likeness (QED) is 0.634. The van der Waals surface area contributed by atoms with Gasteiger partial charge in [-0.25, -0.2) is 4.39 Å². The van der Waals surface area contributed by atoms with Crippen molar-refractivity contribution in [2.45, 2.75) is 25.1 Å². The summed E-state index contributed by atoms with van der Waals surface area (Å²) in [6.45, 7) is 1.46. The summed E-state index contributed by atoms with van der Waals surface area (Å²) in [5.41, 5.74) is 3.30. The molecule has 7 heteroatoms. The van der Waals surface area contributed by atoms with Crippen molar-refractivity contribution in [1.82, 2.24) is 15.5 Å². The van der Waals surface area contributed by atoms with Crippen LogP contribution in [0.3, 0.4) is 0 Å². The first kappa shape index (κ1) is 18.6. The maximum absolute atomic E-state index is 13.3. The molecule has 1 aromatic heterocycles. The number of hydrogen-bond acceptors (Lipinski definition) is 3. The number of benzene rings is 2. The van der Waals surface area contributed by atoms with Gasteiger partial charge in [-0.05, 0) is 60.0 Å². The minimum absolute atomic E-state index is 0.123. The van der Waals surface area contributed by atoms with E-state index in [4.69, 9.17) is 0 Å².